The summed E-state index contributed by atoms with van der Waals surface area (Å²) in [6, 6.07) is 10.6. The highest BCUT2D eigenvalue weighted by Crippen LogP contribution is 2.36. The van der Waals surface area contributed by atoms with Crippen molar-refractivity contribution in [3.63, 3.8) is 0 Å². The first-order chi connectivity index (χ1) is 10.2. The van der Waals surface area contributed by atoms with Gasteiger partial charge in [-0.25, -0.2) is 0 Å². The topological polar surface area (TPSA) is 32.3 Å². The van der Waals surface area contributed by atoms with Crippen LogP contribution in [0.25, 0.3) is 0 Å². The Morgan fingerprint density at radius 1 is 1.38 bits per heavy atom. The summed E-state index contributed by atoms with van der Waals surface area (Å²) in [6.07, 6.45) is 4.21. The number of amides is 1. The number of rotatable bonds is 3. The molecule has 1 amide bonds. The minimum atomic E-state index is -0.149. The molecule has 2 aliphatic rings. The van der Waals surface area contributed by atoms with Crippen LogP contribution in [-0.4, -0.2) is 37.0 Å². The van der Waals surface area contributed by atoms with Gasteiger partial charge in [0.1, 0.15) is 0 Å². The summed E-state index contributed by atoms with van der Waals surface area (Å²) < 4.78 is 0. The molecule has 21 heavy (non-hydrogen) atoms. The first-order valence-corrected chi connectivity index (χ1v) is 8.30. The van der Waals surface area contributed by atoms with Crippen molar-refractivity contribution in [1.29, 1.82) is 0 Å². The number of nitrogens with zero attached hydrogens (tertiary/aromatic N) is 1. The maximum absolute atomic E-state index is 13.0. The van der Waals surface area contributed by atoms with Crippen LogP contribution in [0.5, 0.6) is 0 Å². The van der Waals surface area contributed by atoms with Crippen LogP contribution in [0.1, 0.15) is 44.1 Å². The van der Waals surface area contributed by atoms with Crippen LogP contribution in [-0.2, 0) is 4.79 Å². The van der Waals surface area contributed by atoms with Gasteiger partial charge in [-0.05, 0) is 37.8 Å². The Morgan fingerprint density at radius 2 is 2.19 bits per heavy atom. The molecular formula is C18H26N2O. The maximum Gasteiger partial charge on any atom is 0.230 e. The lowest BCUT2D eigenvalue weighted by atomic mass is 9.77. The smallest absolute Gasteiger partial charge is 0.230 e. The second-order valence-corrected chi connectivity index (χ2v) is 6.56. The highest BCUT2D eigenvalue weighted by molar-refractivity contribution is 5.83. The van der Waals surface area contributed by atoms with E-state index in [2.05, 4.69) is 47.5 Å². The molecule has 0 radical (unpaired) electrons. The average Bonchev–Trinajstić information content (AvgIpc) is 3.05. The predicted octanol–water partition coefficient (Wildman–Crippen LogP) is 2.78. The van der Waals surface area contributed by atoms with E-state index >= 15 is 0 Å². The first-order valence-electron chi connectivity index (χ1n) is 8.30. The van der Waals surface area contributed by atoms with E-state index in [1.807, 2.05) is 0 Å². The van der Waals surface area contributed by atoms with Crippen LogP contribution in [0.4, 0.5) is 0 Å². The number of hydrogen-bond acceptors (Lipinski definition) is 2. The molecule has 3 nitrogen and oxygen atoms in total. The summed E-state index contributed by atoms with van der Waals surface area (Å²) in [6.45, 7) is 5.89. The summed E-state index contributed by atoms with van der Waals surface area (Å²) in [5.41, 5.74) is 1.23. The van der Waals surface area contributed by atoms with Crippen molar-refractivity contribution in [1.82, 2.24) is 10.2 Å². The summed E-state index contributed by atoms with van der Waals surface area (Å²) in [4.78, 5) is 15.1. The van der Waals surface area contributed by atoms with Crippen molar-refractivity contribution < 1.29 is 4.79 Å². The number of likely N-dealkylation sites (tertiary alicyclic amines) is 1. The lowest BCUT2D eigenvalue weighted by Gasteiger charge is -2.38. The Balaban J connectivity index is 1.69. The zero-order valence-corrected chi connectivity index (χ0v) is 13.0. The molecule has 2 saturated heterocycles. The summed E-state index contributed by atoms with van der Waals surface area (Å²) in [7, 11) is 0. The van der Waals surface area contributed by atoms with E-state index in [-0.39, 0.29) is 5.41 Å². The third-order valence-electron chi connectivity index (χ3n) is 5.35. The molecule has 3 heteroatoms. The van der Waals surface area contributed by atoms with Crippen molar-refractivity contribution in [2.75, 3.05) is 26.2 Å². The predicted molar refractivity (Wildman–Crippen MR) is 85.2 cm³/mol. The molecule has 0 spiro atoms. The molecule has 0 aromatic heterocycles. The molecule has 3 rings (SSSR count). The number of carbonyl (C=O) groups is 1. The molecule has 0 bridgehead atoms. The Kier molecular flexibility index (Phi) is 4.29. The molecule has 0 saturated carbocycles. The maximum atomic E-state index is 13.0. The van der Waals surface area contributed by atoms with Gasteiger partial charge >= 0.3 is 0 Å². The van der Waals surface area contributed by atoms with E-state index in [9.17, 15) is 4.79 Å². The van der Waals surface area contributed by atoms with Gasteiger partial charge < -0.3 is 10.2 Å². The summed E-state index contributed by atoms with van der Waals surface area (Å²) in [5.74, 6) is 0.899. The van der Waals surface area contributed by atoms with Gasteiger partial charge in [0.15, 0.2) is 0 Å². The summed E-state index contributed by atoms with van der Waals surface area (Å²) in [5, 5.41) is 3.43. The molecule has 2 aliphatic heterocycles. The number of carbonyl (C=O) groups excluding carboxylic acids is 1. The van der Waals surface area contributed by atoms with Gasteiger partial charge in [-0.3, -0.25) is 4.79 Å². The Morgan fingerprint density at radius 3 is 2.86 bits per heavy atom. The second-order valence-electron chi connectivity index (χ2n) is 6.56. The molecule has 2 unspecified atom stereocenters. The monoisotopic (exact) mass is 286 g/mol. The molecule has 1 N–H and O–H groups in total. The fourth-order valence-corrected chi connectivity index (χ4v) is 3.88. The average molecular weight is 286 g/mol. The van der Waals surface area contributed by atoms with Gasteiger partial charge in [-0.1, -0.05) is 37.3 Å². The van der Waals surface area contributed by atoms with Gasteiger partial charge in [0.05, 0.1) is 5.41 Å². The van der Waals surface area contributed by atoms with Crippen LogP contribution in [0.2, 0.25) is 0 Å². The molecule has 1 aromatic rings. The largest absolute Gasteiger partial charge is 0.342 e. The quantitative estimate of drug-likeness (QED) is 0.926. The highest BCUT2D eigenvalue weighted by Gasteiger charge is 2.42. The Hall–Kier alpha value is -1.35. The van der Waals surface area contributed by atoms with Gasteiger partial charge in [0.2, 0.25) is 5.91 Å². The van der Waals surface area contributed by atoms with Crippen molar-refractivity contribution in [2.24, 2.45) is 5.41 Å². The van der Waals surface area contributed by atoms with Gasteiger partial charge in [0.25, 0.3) is 0 Å². The molecule has 2 atom stereocenters. The van der Waals surface area contributed by atoms with Gasteiger partial charge in [0, 0.05) is 25.6 Å². The lowest BCUT2D eigenvalue weighted by Crippen LogP contribution is -2.51. The van der Waals surface area contributed by atoms with Crippen molar-refractivity contribution in [2.45, 2.75) is 38.5 Å². The van der Waals surface area contributed by atoms with E-state index < -0.39 is 0 Å². The van der Waals surface area contributed by atoms with Crippen molar-refractivity contribution >= 4 is 5.91 Å². The zero-order valence-electron chi connectivity index (χ0n) is 13.0. The fourth-order valence-electron chi connectivity index (χ4n) is 3.88. The molecule has 2 fully saturated rings. The zero-order chi connectivity index (χ0) is 14.7. The van der Waals surface area contributed by atoms with Crippen molar-refractivity contribution in [3.8, 4) is 0 Å². The van der Waals surface area contributed by atoms with Gasteiger partial charge in [-0.2, -0.15) is 0 Å². The molecule has 2 heterocycles. The highest BCUT2D eigenvalue weighted by atomic mass is 16.2. The van der Waals surface area contributed by atoms with E-state index in [1.165, 1.54) is 5.56 Å². The molecule has 1 aromatic carbocycles. The third-order valence-corrected chi connectivity index (χ3v) is 5.35. The Labute approximate surface area is 127 Å². The molecular weight excluding hydrogens is 260 g/mol. The van der Waals surface area contributed by atoms with Crippen LogP contribution in [0.15, 0.2) is 30.3 Å². The minimum Gasteiger partial charge on any atom is -0.342 e. The third kappa shape index (κ3) is 2.84. The first kappa shape index (κ1) is 14.6. The fraction of sp³-hybridized carbons (Fsp3) is 0.611. The number of nitrogens with one attached hydrogen (secondary N) is 1. The Bertz CT molecular complexity index is 479. The van der Waals surface area contributed by atoms with E-state index in [0.717, 1.165) is 51.9 Å². The van der Waals surface area contributed by atoms with Crippen LogP contribution < -0.4 is 5.32 Å². The van der Waals surface area contributed by atoms with E-state index in [0.29, 0.717) is 11.8 Å². The lowest BCUT2D eigenvalue weighted by molar-refractivity contribution is -0.142. The van der Waals surface area contributed by atoms with Gasteiger partial charge in [-0.15, -0.1) is 0 Å². The van der Waals surface area contributed by atoms with Crippen LogP contribution in [0, 0.1) is 5.41 Å². The van der Waals surface area contributed by atoms with Crippen LogP contribution >= 0.6 is 0 Å². The van der Waals surface area contributed by atoms with E-state index in [1.54, 1.807) is 0 Å². The normalized spacial score (nSPS) is 29.6. The molecule has 0 aliphatic carbocycles. The standard InChI is InChI=1S/C18H26N2O/c1-2-18(10-6-11-19-14-18)17(21)20-12-9-16(13-20)15-7-4-3-5-8-15/h3-5,7-8,16,19H,2,6,9-14H2,1H3. The SMILES string of the molecule is CCC1(C(=O)N2CCC(c3ccccc3)C2)CCCNC1. The molecule has 114 valence electrons. The summed E-state index contributed by atoms with van der Waals surface area (Å²) >= 11 is 0. The minimum absolute atomic E-state index is 0.149. The second kappa shape index (κ2) is 6.18. The number of piperidine rings is 1. The van der Waals surface area contributed by atoms with Crippen LogP contribution in [0.3, 0.4) is 0 Å². The van der Waals surface area contributed by atoms with Crippen molar-refractivity contribution in [3.05, 3.63) is 35.9 Å². The number of benzene rings is 1. The number of hydrogen-bond donors (Lipinski definition) is 1. The van der Waals surface area contributed by atoms with E-state index in [4.69, 9.17) is 0 Å².